The predicted molar refractivity (Wildman–Crippen MR) is 107 cm³/mol. The number of aromatic nitrogens is 6. The lowest BCUT2D eigenvalue weighted by Gasteiger charge is -2.00. The smallest absolute Gasteiger partial charge is 0.331 e. The van der Waals surface area contributed by atoms with Gasteiger partial charge in [0.15, 0.2) is 17.1 Å². The average molecular weight is 403 g/mol. The molecule has 0 aliphatic rings. The molecule has 4 heterocycles. The van der Waals surface area contributed by atoms with E-state index >= 15 is 0 Å². The first-order valence-corrected chi connectivity index (χ1v) is 8.92. The van der Waals surface area contributed by atoms with E-state index in [-0.39, 0.29) is 24.0 Å². The van der Waals surface area contributed by atoms with E-state index < -0.39 is 0 Å². The monoisotopic (exact) mass is 403 g/mol. The summed E-state index contributed by atoms with van der Waals surface area (Å²) in [4.78, 5) is 21.7. The lowest BCUT2D eigenvalue weighted by atomic mass is 10.2. The fourth-order valence-corrected chi connectivity index (χ4v) is 3.20. The van der Waals surface area contributed by atoms with E-state index in [4.69, 9.17) is 10.2 Å². The number of hydrogen-bond donors (Lipinski definition) is 1. The third-order valence-electron chi connectivity index (χ3n) is 4.63. The molecule has 0 saturated carbocycles. The Hall–Kier alpha value is -4.39. The van der Waals surface area contributed by atoms with Crippen LogP contribution in [0.25, 0.3) is 28.4 Å². The number of nitrogens with zero attached hydrogens (tertiary/aromatic N) is 6. The number of anilines is 1. The molecule has 0 amide bonds. The van der Waals surface area contributed by atoms with Crippen molar-refractivity contribution in [2.45, 2.75) is 6.54 Å². The van der Waals surface area contributed by atoms with Gasteiger partial charge in [-0.15, -0.1) is 5.10 Å². The predicted octanol–water partition coefficient (Wildman–Crippen LogP) is 1.81. The zero-order valence-corrected chi connectivity index (χ0v) is 15.7. The Labute approximate surface area is 168 Å². The van der Waals surface area contributed by atoms with Crippen molar-refractivity contribution in [1.82, 2.24) is 28.7 Å². The number of rotatable bonds is 2. The highest BCUT2D eigenvalue weighted by atomic mass is 19.1. The zero-order valence-electron chi connectivity index (χ0n) is 15.7. The second-order valence-corrected chi connectivity index (χ2v) is 6.53. The van der Waals surface area contributed by atoms with Gasteiger partial charge in [-0.2, -0.15) is 9.50 Å². The van der Waals surface area contributed by atoms with E-state index in [9.17, 15) is 9.18 Å². The molecule has 30 heavy (non-hydrogen) atoms. The van der Waals surface area contributed by atoms with Gasteiger partial charge in [-0.1, -0.05) is 11.8 Å². The van der Waals surface area contributed by atoms with Crippen LogP contribution < -0.4 is 11.4 Å². The number of hydrogen-bond acceptors (Lipinski definition) is 6. The van der Waals surface area contributed by atoms with Crippen molar-refractivity contribution < 1.29 is 8.81 Å². The summed E-state index contributed by atoms with van der Waals surface area (Å²) in [6.07, 6.45) is 1.52. The molecule has 0 spiro atoms. The molecule has 2 N–H and O–H groups in total. The topological polar surface area (TPSA) is 109 Å². The van der Waals surface area contributed by atoms with Crippen LogP contribution in [0.5, 0.6) is 0 Å². The maximum atomic E-state index is 13.0. The van der Waals surface area contributed by atoms with Crippen LogP contribution in [0.4, 0.5) is 10.3 Å². The summed E-state index contributed by atoms with van der Waals surface area (Å²) < 4.78 is 22.6. The number of furan rings is 1. The van der Waals surface area contributed by atoms with Gasteiger partial charge in [-0.05, 0) is 36.4 Å². The number of imidazole rings is 1. The van der Waals surface area contributed by atoms with Crippen molar-refractivity contribution in [2.24, 2.45) is 7.05 Å². The van der Waals surface area contributed by atoms with Crippen LogP contribution in [-0.2, 0) is 13.6 Å². The maximum absolute atomic E-state index is 13.0. The second kappa shape index (κ2) is 6.59. The minimum atomic E-state index is -0.336. The third kappa shape index (κ3) is 2.72. The summed E-state index contributed by atoms with van der Waals surface area (Å²) in [6.45, 7) is 0.0787. The van der Waals surface area contributed by atoms with Gasteiger partial charge in [0, 0.05) is 12.6 Å². The lowest BCUT2D eigenvalue weighted by Crippen LogP contribution is -2.22. The Bertz CT molecular complexity index is 1510. The molecule has 0 radical (unpaired) electrons. The highest BCUT2D eigenvalue weighted by molar-refractivity contribution is 5.88. The van der Waals surface area contributed by atoms with E-state index in [0.717, 1.165) is 0 Å². The Morgan fingerprint density at radius 1 is 1.17 bits per heavy atom. The van der Waals surface area contributed by atoms with E-state index in [1.807, 2.05) is 0 Å². The number of nitrogen functional groups attached to an aromatic ring is 1. The minimum Gasteiger partial charge on any atom is -0.461 e. The zero-order chi connectivity index (χ0) is 20.8. The van der Waals surface area contributed by atoms with Crippen LogP contribution in [0.3, 0.4) is 0 Å². The van der Waals surface area contributed by atoms with Gasteiger partial charge >= 0.3 is 5.69 Å². The molecule has 148 valence electrons. The van der Waals surface area contributed by atoms with Crippen molar-refractivity contribution in [2.75, 3.05) is 5.73 Å². The number of aryl methyl sites for hydroxylation is 1. The number of halogens is 1. The van der Waals surface area contributed by atoms with Gasteiger partial charge in [0.25, 0.3) is 0 Å². The fourth-order valence-electron chi connectivity index (χ4n) is 3.20. The summed E-state index contributed by atoms with van der Waals surface area (Å²) in [5.74, 6) is 6.37. The molecule has 0 fully saturated rings. The number of nitrogens with two attached hydrogens (primary N) is 1. The van der Waals surface area contributed by atoms with Crippen LogP contribution in [-0.4, -0.2) is 28.7 Å². The summed E-state index contributed by atoms with van der Waals surface area (Å²) in [7, 11) is 1.62. The number of fused-ring (bicyclic) bond motifs is 3. The van der Waals surface area contributed by atoms with Crippen LogP contribution in [0.2, 0.25) is 0 Å². The van der Waals surface area contributed by atoms with Crippen LogP contribution in [0.1, 0.15) is 5.56 Å². The molecule has 0 unspecified atom stereocenters. The number of benzene rings is 1. The molecule has 0 aliphatic carbocycles. The van der Waals surface area contributed by atoms with Gasteiger partial charge < -0.3 is 10.2 Å². The SMILES string of the molecule is Cn1c(=O)n(CC#Cc2ccc(F)cc2)c2nc(N)n3nc(-c4ccco4)nc3c21. The average Bonchev–Trinajstić information content (AvgIpc) is 3.45. The normalized spacial score (nSPS) is 11.1. The summed E-state index contributed by atoms with van der Waals surface area (Å²) >= 11 is 0. The largest absolute Gasteiger partial charge is 0.461 e. The molecule has 10 heteroatoms. The minimum absolute atomic E-state index is 0.0775. The Morgan fingerprint density at radius 2 is 1.97 bits per heavy atom. The highest BCUT2D eigenvalue weighted by Gasteiger charge is 2.20. The fraction of sp³-hybridized carbons (Fsp3) is 0.100. The van der Waals surface area contributed by atoms with E-state index in [1.54, 1.807) is 31.3 Å². The maximum Gasteiger partial charge on any atom is 0.331 e. The third-order valence-corrected chi connectivity index (χ3v) is 4.63. The summed E-state index contributed by atoms with van der Waals surface area (Å²) in [6, 6.07) is 9.25. The first-order valence-electron chi connectivity index (χ1n) is 8.92. The molecule has 4 aromatic heterocycles. The van der Waals surface area contributed by atoms with Gasteiger partial charge in [0.05, 0.1) is 12.8 Å². The van der Waals surface area contributed by atoms with Crippen molar-refractivity contribution in [3.63, 3.8) is 0 Å². The van der Waals surface area contributed by atoms with Gasteiger partial charge in [0.2, 0.25) is 11.8 Å². The van der Waals surface area contributed by atoms with Crippen molar-refractivity contribution in [3.05, 3.63) is 64.5 Å². The van der Waals surface area contributed by atoms with E-state index in [1.165, 1.54) is 32.0 Å². The Kier molecular flexibility index (Phi) is 3.89. The molecule has 9 nitrogen and oxygen atoms in total. The van der Waals surface area contributed by atoms with Crippen LogP contribution in [0, 0.1) is 17.7 Å². The first-order chi connectivity index (χ1) is 14.5. The quantitative estimate of drug-likeness (QED) is 0.450. The molecule has 1 aromatic carbocycles. The lowest BCUT2D eigenvalue weighted by molar-refractivity contribution is 0.577. The van der Waals surface area contributed by atoms with Crippen molar-refractivity contribution >= 4 is 22.8 Å². The van der Waals surface area contributed by atoms with Gasteiger partial charge in [0.1, 0.15) is 11.3 Å². The van der Waals surface area contributed by atoms with Crippen LogP contribution >= 0.6 is 0 Å². The van der Waals surface area contributed by atoms with E-state index in [2.05, 4.69) is 26.9 Å². The molecular weight excluding hydrogens is 389 g/mol. The standard InChI is InChI=1S/C20H14FN7O2/c1-26-15-17(27(20(26)29)10-2-4-12-6-8-13(21)9-7-12)24-19(22)28-18(15)23-16(25-28)14-5-3-11-30-14/h3,5-9,11H,10H2,1H3,(H2,22,24). The molecule has 0 aliphatic heterocycles. The molecule has 5 rings (SSSR count). The Morgan fingerprint density at radius 3 is 2.70 bits per heavy atom. The van der Waals surface area contributed by atoms with Gasteiger partial charge in [-0.3, -0.25) is 9.13 Å². The van der Waals surface area contributed by atoms with Crippen molar-refractivity contribution in [3.8, 4) is 23.4 Å². The second-order valence-electron chi connectivity index (χ2n) is 6.53. The molecule has 0 saturated heterocycles. The van der Waals surface area contributed by atoms with Crippen LogP contribution in [0.15, 0.2) is 51.9 Å². The molecule has 0 bridgehead atoms. The first kappa shape index (κ1) is 17.7. The molecule has 0 atom stereocenters. The van der Waals surface area contributed by atoms with E-state index in [0.29, 0.717) is 34.0 Å². The summed E-state index contributed by atoms with van der Waals surface area (Å²) in [5, 5.41) is 4.33. The molecule has 5 aromatic rings. The molecular formula is C20H14FN7O2. The highest BCUT2D eigenvalue weighted by Crippen LogP contribution is 2.22. The Balaban J connectivity index is 1.64. The van der Waals surface area contributed by atoms with Gasteiger partial charge in [-0.25, -0.2) is 14.2 Å². The summed E-state index contributed by atoms with van der Waals surface area (Å²) in [5.41, 5.74) is 7.60. The van der Waals surface area contributed by atoms with Crippen molar-refractivity contribution in [1.29, 1.82) is 0 Å².